The topological polar surface area (TPSA) is 56.2 Å². The second kappa shape index (κ2) is 4.46. The third-order valence-corrected chi connectivity index (χ3v) is 3.45. The van der Waals surface area contributed by atoms with Crippen molar-refractivity contribution >= 4 is 33.7 Å². The number of hydrogen-bond acceptors (Lipinski definition) is 4. The molecule has 0 unspecified atom stereocenters. The van der Waals surface area contributed by atoms with Crippen LogP contribution in [0.15, 0.2) is 62.2 Å². The first-order chi connectivity index (χ1) is 10.2. The predicted octanol–water partition coefficient (Wildman–Crippen LogP) is 4.25. The van der Waals surface area contributed by atoms with Crippen molar-refractivity contribution in [3.8, 4) is 11.5 Å². The monoisotopic (exact) mass is 297 g/mol. The van der Waals surface area contributed by atoms with Gasteiger partial charge in [0, 0.05) is 10.4 Å². The molecule has 2 aromatic carbocycles. The van der Waals surface area contributed by atoms with E-state index in [9.17, 15) is 4.79 Å². The molecule has 5 heteroatoms. The minimum Gasteiger partial charge on any atom is -0.436 e. The van der Waals surface area contributed by atoms with Crippen LogP contribution in [0.3, 0.4) is 0 Å². The lowest BCUT2D eigenvalue weighted by Gasteiger charge is -1.99. The standard InChI is InChI=1S/C16H8ClNO3/c17-10-5-6-13-9(7-10)8-11(16(19)21-13)15-18-12-3-1-2-4-14(12)20-15/h1-8H. The van der Waals surface area contributed by atoms with E-state index < -0.39 is 5.63 Å². The van der Waals surface area contributed by atoms with Crippen LogP contribution < -0.4 is 5.63 Å². The summed E-state index contributed by atoms with van der Waals surface area (Å²) in [6.07, 6.45) is 0. The van der Waals surface area contributed by atoms with E-state index in [0.29, 0.717) is 21.7 Å². The molecular formula is C16H8ClNO3. The molecule has 4 aromatic rings. The van der Waals surface area contributed by atoms with Crippen molar-refractivity contribution in [3.05, 3.63) is 64.0 Å². The highest BCUT2D eigenvalue weighted by atomic mass is 35.5. The Kier molecular flexibility index (Phi) is 2.59. The molecule has 0 aliphatic rings. The van der Waals surface area contributed by atoms with Crippen molar-refractivity contribution < 1.29 is 8.83 Å². The van der Waals surface area contributed by atoms with Gasteiger partial charge in [-0.2, -0.15) is 0 Å². The van der Waals surface area contributed by atoms with Crippen LogP contribution >= 0.6 is 11.6 Å². The summed E-state index contributed by atoms with van der Waals surface area (Å²) < 4.78 is 10.9. The first-order valence-electron chi connectivity index (χ1n) is 6.30. The molecule has 0 N–H and O–H groups in total. The Morgan fingerprint density at radius 1 is 0.952 bits per heavy atom. The molecule has 2 aromatic heterocycles. The van der Waals surface area contributed by atoms with Crippen LogP contribution in [0.2, 0.25) is 5.02 Å². The number of oxazole rings is 1. The zero-order valence-electron chi connectivity index (χ0n) is 10.7. The molecule has 0 aliphatic heterocycles. The molecule has 0 aliphatic carbocycles. The lowest BCUT2D eigenvalue weighted by Crippen LogP contribution is -2.02. The van der Waals surface area contributed by atoms with E-state index >= 15 is 0 Å². The van der Waals surface area contributed by atoms with Gasteiger partial charge in [0.1, 0.15) is 16.7 Å². The van der Waals surface area contributed by atoms with Crippen LogP contribution in [-0.2, 0) is 0 Å². The summed E-state index contributed by atoms with van der Waals surface area (Å²) in [4.78, 5) is 16.4. The molecule has 2 heterocycles. The van der Waals surface area contributed by atoms with Crippen molar-refractivity contribution in [2.75, 3.05) is 0 Å². The highest BCUT2D eigenvalue weighted by Crippen LogP contribution is 2.25. The lowest BCUT2D eigenvalue weighted by molar-refractivity contribution is 0.553. The maximum atomic E-state index is 12.1. The molecule has 21 heavy (non-hydrogen) atoms. The number of halogens is 1. The first kappa shape index (κ1) is 12.2. The Bertz CT molecular complexity index is 999. The molecule has 0 amide bonds. The average molecular weight is 298 g/mol. The minimum absolute atomic E-state index is 0.242. The van der Waals surface area contributed by atoms with E-state index in [1.807, 2.05) is 18.2 Å². The third kappa shape index (κ3) is 2.00. The average Bonchev–Trinajstić information content (AvgIpc) is 2.90. The number of nitrogens with zero attached hydrogens (tertiary/aromatic N) is 1. The Hall–Kier alpha value is -2.59. The van der Waals surface area contributed by atoms with Gasteiger partial charge in [0.05, 0.1) is 0 Å². The fraction of sp³-hybridized carbons (Fsp3) is 0. The zero-order chi connectivity index (χ0) is 14.4. The van der Waals surface area contributed by atoms with Crippen molar-refractivity contribution in [2.24, 2.45) is 0 Å². The van der Waals surface area contributed by atoms with Crippen LogP contribution in [-0.4, -0.2) is 4.98 Å². The van der Waals surface area contributed by atoms with Gasteiger partial charge in [-0.3, -0.25) is 0 Å². The molecule has 0 saturated heterocycles. The van der Waals surface area contributed by atoms with Crippen LogP contribution in [0, 0.1) is 0 Å². The minimum atomic E-state index is -0.489. The Morgan fingerprint density at radius 2 is 1.81 bits per heavy atom. The fourth-order valence-electron chi connectivity index (χ4n) is 2.23. The zero-order valence-corrected chi connectivity index (χ0v) is 11.4. The molecule has 4 nitrogen and oxygen atoms in total. The summed E-state index contributed by atoms with van der Waals surface area (Å²) in [7, 11) is 0. The molecule has 0 fully saturated rings. The van der Waals surface area contributed by atoms with Gasteiger partial charge < -0.3 is 8.83 Å². The van der Waals surface area contributed by atoms with E-state index in [2.05, 4.69) is 4.98 Å². The maximum Gasteiger partial charge on any atom is 0.349 e. The normalized spacial score (nSPS) is 11.3. The van der Waals surface area contributed by atoms with E-state index in [1.54, 1.807) is 30.3 Å². The molecular weight excluding hydrogens is 290 g/mol. The summed E-state index contributed by atoms with van der Waals surface area (Å²) in [6.45, 7) is 0. The molecule has 0 atom stereocenters. The summed E-state index contributed by atoms with van der Waals surface area (Å²) in [5, 5.41) is 1.29. The molecule has 4 rings (SSSR count). The van der Waals surface area contributed by atoms with Gasteiger partial charge >= 0.3 is 5.63 Å². The van der Waals surface area contributed by atoms with Crippen molar-refractivity contribution in [3.63, 3.8) is 0 Å². The molecule has 102 valence electrons. The van der Waals surface area contributed by atoms with Crippen molar-refractivity contribution in [1.82, 2.24) is 4.98 Å². The van der Waals surface area contributed by atoms with Gasteiger partial charge in [0.2, 0.25) is 5.89 Å². The second-order valence-corrected chi connectivity index (χ2v) is 5.05. The molecule has 0 spiro atoms. The second-order valence-electron chi connectivity index (χ2n) is 4.62. The van der Waals surface area contributed by atoms with Crippen LogP contribution in [0.25, 0.3) is 33.5 Å². The predicted molar refractivity (Wildman–Crippen MR) is 80.5 cm³/mol. The SMILES string of the molecule is O=c1oc2ccc(Cl)cc2cc1-c1nc2ccccc2o1. The third-order valence-electron chi connectivity index (χ3n) is 3.22. The number of aromatic nitrogens is 1. The van der Waals surface area contributed by atoms with E-state index in [0.717, 1.165) is 5.39 Å². The maximum absolute atomic E-state index is 12.1. The Balaban J connectivity index is 2.00. The number of para-hydroxylation sites is 2. The highest BCUT2D eigenvalue weighted by Gasteiger charge is 2.14. The van der Waals surface area contributed by atoms with Gasteiger partial charge in [-0.25, -0.2) is 9.78 Å². The number of fused-ring (bicyclic) bond motifs is 2. The molecule has 0 radical (unpaired) electrons. The van der Waals surface area contributed by atoms with Gasteiger partial charge in [-0.15, -0.1) is 0 Å². The van der Waals surface area contributed by atoms with Gasteiger partial charge in [-0.05, 0) is 36.4 Å². The summed E-state index contributed by atoms with van der Waals surface area (Å²) >= 11 is 5.96. The van der Waals surface area contributed by atoms with Crippen molar-refractivity contribution in [2.45, 2.75) is 0 Å². The van der Waals surface area contributed by atoms with E-state index in [4.69, 9.17) is 20.4 Å². The van der Waals surface area contributed by atoms with Gasteiger partial charge in [0.25, 0.3) is 0 Å². The molecule has 0 bridgehead atoms. The summed E-state index contributed by atoms with van der Waals surface area (Å²) in [6, 6.07) is 14.1. The summed E-state index contributed by atoms with van der Waals surface area (Å²) in [5.74, 6) is 0.242. The number of rotatable bonds is 1. The van der Waals surface area contributed by atoms with Crippen LogP contribution in [0.1, 0.15) is 0 Å². The molecule has 0 saturated carbocycles. The fourth-order valence-corrected chi connectivity index (χ4v) is 2.41. The van der Waals surface area contributed by atoms with E-state index in [1.165, 1.54) is 0 Å². The first-order valence-corrected chi connectivity index (χ1v) is 6.68. The lowest BCUT2D eigenvalue weighted by atomic mass is 10.2. The smallest absolute Gasteiger partial charge is 0.349 e. The van der Waals surface area contributed by atoms with Crippen LogP contribution in [0.5, 0.6) is 0 Å². The highest BCUT2D eigenvalue weighted by molar-refractivity contribution is 6.31. The summed E-state index contributed by atoms with van der Waals surface area (Å²) in [5.41, 5.74) is 1.58. The Morgan fingerprint density at radius 3 is 2.67 bits per heavy atom. The quantitative estimate of drug-likeness (QED) is 0.493. The van der Waals surface area contributed by atoms with E-state index in [-0.39, 0.29) is 11.5 Å². The van der Waals surface area contributed by atoms with Gasteiger partial charge in [0.15, 0.2) is 5.58 Å². The van der Waals surface area contributed by atoms with Gasteiger partial charge in [-0.1, -0.05) is 23.7 Å². The van der Waals surface area contributed by atoms with Crippen molar-refractivity contribution in [1.29, 1.82) is 0 Å². The number of hydrogen-bond donors (Lipinski definition) is 0. The largest absolute Gasteiger partial charge is 0.436 e. The van der Waals surface area contributed by atoms with Crippen LogP contribution in [0.4, 0.5) is 0 Å². The number of benzene rings is 2. The Labute approximate surface area is 123 Å².